The third kappa shape index (κ3) is 11.6. The van der Waals surface area contributed by atoms with Crippen LogP contribution < -0.4 is 25.0 Å². The van der Waals surface area contributed by atoms with Crippen molar-refractivity contribution in [2.75, 3.05) is 121 Å². The monoisotopic (exact) mass is 676 g/mol. The van der Waals surface area contributed by atoms with E-state index >= 15 is 0 Å². The molecule has 0 radical (unpaired) electrons. The Morgan fingerprint density at radius 2 is 1.11 bits per heavy atom. The molecule has 4 aliphatic rings. The minimum atomic E-state index is -0.307. The summed E-state index contributed by atoms with van der Waals surface area (Å²) in [7, 11) is 0. The van der Waals surface area contributed by atoms with Gasteiger partial charge in [-0.05, 0) is 62.8 Å². The zero-order chi connectivity index (χ0) is 32.0. The lowest BCUT2D eigenvalue weighted by Gasteiger charge is -2.30. The van der Waals surface area contributed by atoms with Crippen LogP contribution in [0.4, 0.5) is 22.7 Å². The summed E-state index contributed by atoms with van der Waals surface area (Å²) in [5, 5.41) is 11.4. The Bertz CT molecular complexity index is 1220. The Morgan fingerprint density at radius 1 is 0.660 bits per heavy atom. The molecule has 2 N–H and O–H groups in total. The number of hydrogen-bond acceptors (Lipinski definition) is 11. The Morgan fingerprint density at radius 3 is 1.57 bits per heavy atom. The van der Waals surface area contributed by atoms with Crippen molar-refractivity contribution in [3.05, 3.63) is 46.5 Å². The van der Waals surface area contributed by atoms with Crippen molar-refractivity contribution in [3.8, 4) is 11.5 Å². The van der Waals surface area contributed by atoms with E-state index in [0.717, 1.165) is 122 Å². The van der Waals surface area contributed by atoms with Crippen LogP contribution in [0.15, 0.2) is 36.4 Å². The van der Waals surface area contributed by atoms with Crippen LogP contribution in [0.3, 0.4) is 0 Å². The number of anilines is 3. The highest BCUT2D eigenvalue weighted by Gasteiger charge is 2.22. The molecule has 0 bridgehead atoms. The lowest BCUT2D eigenvalue weighted by atomic mass is 10.1. The summed E-state index contributed by atoms with van der Waals surface area (Å²) >= 11 is 0. The molecule has 4 saturated heterocycles. The quantitative estimate of drug-likeness (QED) is 0.203. The number of nitro benzene ring substituents is 1. The Labute approximate surface area is 285 Å². The number of benzene rings is 2. The van der Waals surface area contributed by atoms with Crippen LogP contribution in [0, 0.1) is 10.1 Å². The molecule has 2 aromatic rings. The number of nitrogens with two attached hydrogens (primary N) is 1. The van der Waals surface area contributed by atoms with Crippen molar-refractivity contribution >= 4 is 35.2 Å². The summed E-state index contributed by atoms with van der Waals surface area (Å²) in [5.74, 6) is 1.43. The van der Waals surface area contributed by atoms with Crippen LogP contribution in [0.1, 0.15) is 38.5 Å². The molecule has 2 aromatic carbocycles. The lowest BCUT2D eigenvalue weighted by molar-refractivity contribution is -0.384. The molecule has 12 nitrogen and oxygen atoms in total. The first-order chi connectivity index (χ1) is 22.6. The SMILES string of the molecule is Cl.Nc1cc(OCCN2CCOCC2)ccc1N1CCCCC1.O=[N+]([O-])c1cc(OCCN2CCOCC2)ccc1N1CCCCC1. The fourth-order valence-corrected chi connectivity index (χ4v) is 6.42. The van der Waals surface area contributed by atoms with E-state index in [9.17, 15) is 10.1 Å². The summed E-state index contributed by atoms with van der Waals surface area (Å²) in [6.07, 6.45) is 7.24. The van der Waals surface area contributed by atoms with E-state index in [2.05, 4.69) is 25.7 Å². The highest BCUT2D eigenvalue weighted by molar-refractivity contribution is 5.85. The number of nitrogens with zero attached hydrogens (tertiary/aromatic N) is 5. The summed E-state index contributed by atoms with van der Waals surface area (Å²) in [6.45, 7) is 14.0. The molecule has 0 spiro atoms. The molecule has 6 rings (SSSR count). The molecule has 4 fully saturated rings. The topological polar surface area (TPSA) is 119 Å². The molecule has 262 valence electrons. The van der Waals surface area contributed by atoms with Crippen LogP contribution in [0.25, 0.3) is 0 Å². The van der Waals surface area contributed by atoms with Gasteiger partial charge in [0, 0.05) is 71.5 Å². The molecule has 4 aliphatic heterocycles. The first kappa shape index (κ1) is 36.8. The van der Waals surface area contributed by atoms with Gasteiger partial charge in [-0.3, -0.25) is 19.9 Å². The smallest absolute Gasteiger partial charge is 0.296 e. The summed E-state index contributed by atoms with van der Waals surface area (Å²) in [4.78, 5) is 20.3. The number of nitrogen functional groups attached to an aromatic ring is 1. The first-order valence-electron chi connectivity index (χ1n) is 17.1. The number of ether oxygens (including phenoxy) is 4. The van der Waals surface area contributed by atoms with Crippen molar-refractivity contribution in [3.63, 3.8) is 0 Å². The molecule has 13 heteroatoms. The van der Waals surface area contributed by atoms with Gasteiger partial charge in [0.15, 0.2) is 0 Å². The second-order valence-electron chi connectivity index (χ2n) is 12.3. The molecular weight excluding hydrogens is 624 g/mol. The van der Waals surface area contributed by atoms with E-state index in [0.29, 0.717) is 24.7 Å². The predicted octanol–water partition coefficient (Wildman–Crippen LogP) is 4.69. The Balaban J connectivity index is 0.000000209. The van der Waals surface area contributed by atoms with Gasteiger partial charge in [-0.1, -0.05) is 0 Å². The van der Waals surface area contributed by atoms with Gasteiger partial charge >= 0.3 is 0 Å². The standard InChI is InChI=1S/C17H25N3O4.C17H27N3O2.ClH/c21-20(22)17-14-15(24-13-10-18-8-11-23-12-9-18)4-5-16(17)19-6-2-1-3-7-19;18-16-14-15(22-13-10-19-8-11-21-12-9-19)4-5-17(16)20-6-2-1-3-7-20;/h4-5,14H,1-3,6-13H2;4-5,14H,1-3,6-13,18H2;1H. The second-order valence-corrected chi connectivity index (χ2v) is 12.3. The minimum absolute atomic E-state index is 0. The van der Waals surface area contributed by atoms with Crippen LogP contribution >= 0.6 is 12.4 Å². The average Bonchev–Trinajstić information content (AvgIpc) is 3.10. The van der Waals surface area contributed by atoms with E-state index in [1.54, 1.807) is 6.07 Å². The lowest BCUT2D eigenvalue weighted by Crippen LogP contribution is -2.38. The van der Waals surface area contributed by atoms with Gasteiger partial charge in [0.25, 0.3) is 5.69 Å². The van der Waals surface area contributed by atoms with E-state index in [1.807, 2.05) is 24.3 Å². The molecular formula is C34H53ClN6O6. The van der Waals surface area contributed by atoms with E-state index < -0.39 is 0 Å². The van der Waals surface area contributed by atoms with Crippen molar-refractivity contribution in [2.45, 2.75) is 38.5 Å². The van der Waals surface area contributed by atoms with Gasteiger partial charge < -0.3 is 34.5 Å². The van der Waals surface area contributed by atoms with Gasteiger partial charge in [-0.2, -0.15) is 0 Å². The van der Waals surface area contributed by atoms with Crippen molar-refractivity contribution < 1.29 is 23.9 Å². The fraction of sp³-hybridized carbons (Fsp3) is 0.647. The number of halogens is 1. The molecule has 0 aromatic heterocycles. The molecule has 0 saturated carbocycles. The number of nitro groups is 1. The predicted molar refractivity (Wildman–Crippen MR) is 189 cm³/mol. The van der Waals surface area contributed by atoms with Crippen LogP contribution in [0.2, 0.25) is 0 Å². The summed E-state index contributed by atoms with van der Waals surface area (Å²) in [6, 6.07) is 11.3. The van der Waals surface area contributed by atoms with Crippen molar-refractivity contribution in [1.82, 2.24) is 9.80 Å². The largest absolute Gasteiger partial charge is 0.492 e. The molecule has 0 atom stereocenters. The third-order valence-corrected chi connectivity index (χ3v) is 9.10. The molecule has 0 unspecified atom stereocenters. The normalized spacial score (nSPS) is 19.2. The molecule has 0 aliphatic carbocycles. The van der Waals surface area contributed by atoms with Crippen LogP contribution in [-0.2, 0) is 9.47 Å². The molecule has 47 heavy (non-hydrogen) atoms. The van der Waals surface area contributed by atoms with E-state index in [4.69, 9.17) is 24.7 Å². The van der Waals surface area contributed by atoms with Crippen LogP contribution in [-0.4, -0.2) is 120 Å². The zero-order valence-electron chi connectivity index (χ0n) is 27.7. The highest BCUT2D eigenvalue weighted by Crippen LogP contribution is 2.34. The fourth-order valence-electron chi connectivity index (χ4n) is 6.42. The van der Waals surface area contributed by atoms with Gasteiger partial charge in [-0.15, -0.1) is 12.4 Å². The van der Waals surface area contributed by atoms with E-state index in [-0.39, 0.29) is 23.0 Å². The minimum Gasteiger partial charge on any atom is -0.492 e. The Hall–Kier alpha value is -3.03. The van der Waals surface area contributed by atoms with Crippen molar-refractivity contribution in [2.24, 2.45) is 0 Å². The maximum absolute atomic E-state index is 11.4. The zero-order valence-corrected chi connectivity index (χ0v) is 28.5. The average molecular weight is 677 g/mol. The Kier molecular flexibility index (Phi) is 15.4. The maximum Gasteiger partial charge on any atom is 0.296 e. The van der Waals surface area contributed by atoms with Gasteiger partial charge in [0.05, 0.1) is 48.8 Å². The molecule has 4 heterocycles. The van der Waals surface area contributed by atoms with Crippen molar-refractivity contribution in [1.29, 1.82) is 0 Å². The number of piperidine rings is 2. The van der Waals surface area contributed by atoms with Gasteiger partial charge in [0.2, 0.25) is 0 Å². The highest BCUT2D eigenvalue weighted by atomic mass is 35.5. The van der Waals surface area contributed by atoms with E-state index in [1.165, 1.54) is 25.7 Å². The van der Waals surface area contributed by atoms with Crippen LogP contribution in [0.5, 0.6) is 11.5 Å². The number of hydrogen-bond donors (Lipinski definition) is 1. The third-order valence-electron chi connectivity index (χ3n) is 9.10. The molecule has 0 amide bonds. The second kappa shape index (κ2) is 19.7. The summed E-state index contributed by atoms with van der Waals surface area (Å²) < 4.78 is 22.2. The summed E-state index contributed by atoms with van der Waals surface area (Å²) in [5.41, 5.74) is 9.04. The maximum atomic E-state index is 11.4. The first-order valence-corrected chi connectivity index (χ1v) is 17.1. The van der Waals surface area contributed by atoms with Gasteiger partial charge in [-0.25, -0.2) is 0 Å². The van der Waals surface area contributed by atoms with Gasteiger partial charge in [0.1, 0.15) is 30.4 Å². The number of morpholine rings is 2. The number of rotatable bonds is 11.